The maximum absolute atomic E-state index is 11.3. The van der Waals surface area contributed by atoms with Crippen LogP contribution in [0.1, 0.15) is 30.6 Å². The van der Waals surface area contributed by atoms with E-state index in [9.17, 15) is 14.9 Å². The highest BCUT2D eigenvalue weighted by atomic mass is 16.6. The molecule has 0 heterocycles. The van der Waals surface area contributed by atoms with Crippen molar-refractivity contribution in [2.45, 2.75) is 26.3 Å². The number of hydrogen-bond donors (Lipinski definition) is 1. The average Bonchev–Trinajstić information content (AvgIpc) is 2.46. The fraction of sp³-hybridized carbons (Fsp3) is 0.500. The summed E-state index contributed by atoms with van der Waals surface area (Å²) in [5.41, 5.74) is -0.365. The Hall–Kier alpha value is -2.15. The molecular weight excluding hydrogens is 276 g/mol. The van der Waals surface area contributed by atoms with Crippen molar-refractivity contribution in [3.8, 4) is 0 Å². The van der Waals surface area contributed by atoms with Gasteiger partial charge in [-0.25, -0.2) is 4.79 Å². The van der Waals surface area contributed by atoms with Crippen LogP contribution in [-0.4, -0.2) is 42.3 Å². The second-order valence-corrected chi connectivity index (χ2v) is 4.68. The van der Waals surface area contributed by atoms with Crippen LogP contribution in [0.4, 0.5) is 11.4 Å². The zero-order valence-corrected chi connectivity index (χ0v) is 12.4. The van der Waals surface area contributed by atoms with Crippen LogP contribution in [0, 0.1) is 10.1 Å². The summed E-state index contributed by atoms with van der Waals surface area (Å²) in [4.78, 5) is 23.7. The molecule has 1 atom stereocenters. The minimum absolute atomic E-state index is 0.0305. The Labute approximate surface area is 123 Å². The van der Waals surface area contributed by atoms with Crippen LogP contribution < -0.4 is 4.90 Å². The smallest absolute Gasteiger partial charge is 0.342 e. The van der Waals surface area contributed by atoms with Gasteiger partial charge in [-0.05, 0) is 25.5 Å². The van der Waals surface area contributed by atoms with E-state index in [0.29, 0.717) is 18.8 Å². The molecule has 1 N–H and O–H groups in total. The molecule has 0 bridgehead atoms. The maximum atomic E-state index is 11.3. The number of nitro benzene ring substituents is 1. The number of anilines is 1. The quantitative estimate of drug-likeness (QED) is 0.585. The van der Waals surface area contributed by atoms with Gasteiger partial charge < -0.3 is 14.7 Å². The monoisotopic (exact) mass is 296 g/mol. The predicted octanol–water partition coefficient (Wildman–Crippen LogP) is 2.54. The summed E-state index contributed by atoms with van der Waals surface area (Å²) in [5, 5.41) is 20.5. The van der Waals surface area contributed by atoms with E-state index in [1.54, 1.807) is 13.2 Å². The largest absolute Gasteiger partial charge is 0.477 e. The number of nitro groups is 1. The highest BCUT2D eigenvalue weighted by Gasteiger charge is 2.28. The molecule has 21 heavy (non-hydrogen) atoms. The minimum atomic E-state index is -1.31. The Balaban J connectivity index is 3.39. The average molecular weight is 296 g/mol. The summed E-state index contributed by atoms with van der Waals surface area (Å²) in [7, 11) is 1.55. The number of carbonyl (C=O) groups is 1. The number of ether oxygens (including phenoxy) is 1. The van der Waals surface area contributed by atoms with Crippen LogP contribution in [0.25, 0.3) is 0 Å². The fourth-order valence-electron chi connectivity index (χ4n) is 2.12. The first-order valence-corrected chi connectivity index (χ1v) is 6.70. The molecule has 1 unspecified atom stereocenters. The Bertz CT molecular complexity index is 518. The second kappa shape index (κ2) is 7.58. The zero-order valence-electron chi connectivity index (χ0n) is 12.4. The molecular formula is C14H20N2O5. The summed E-state index contributed by atoms with van der Waals surface area (Å²) >= 11 is 0. The van der Waals surface area contributed by atoms with Crippen molar-refractivity contribution in [2.75, 3.05) is 25.2 Å². The summed E-state index contributed by atoms with van der Waals surface area (Å²) in [6.07, 6.45) is 0.776. The molecule has 1 aromatic rings. The summed E-state index contributed by atoms with van der Waals surface area (Å²) in [6.45, 7) is 4.76. The van der Waals surface area contributed by atoms with Crippen LogP contribution >= 0.6 is 0 Å². The molecule has 7 nitrogen and oxygen atoms in total. The predicted molar refractivity (Wildman–Crippen MR) is 79.0 cm³/mol. The van der Waals surface area contributed by atoms with Crippen molar-refractivity contribution in [2.24, 2.45) is 0 Å². The van der Waals surface area contributed by atoms with Crippen molar-refractivity contribution in [1.82, 2.24) is 0 Å². The number of hydrogen-bond acceptors (Lipinski definition) is 5. The van der Waals surface area contributed by atoms with Crippen LogP contribution in [-0.2, 0) is 4.74 Å². The van der Waals surface area contributed by atoms with Crippen LogP contribution in [0.3, 0.4) is 0 Å². The number of benzene rings is 1. The van der Waals surface area contributed by atoms with Crippen molar-refractivity contribution in [3.05, 3.63) is 33.9 Å². The molecule has 0 aliphatic heterocycles. The lowest BCUT2D eigenvalue weighted by molar-refractivity contribution is -0.384. The first-order valence-electron chi connectivity index (χ1n) is 6.70. The van der Waals surface area contributed by atoms with Crippen LogP contribution in [0.5, 0.6) is 0 Å². The number of methoxy groups -OCH3 is 1. The van der Waals surface area contributed by atoms with Gasteiger partial charge in [-0.2, -0.15) is 0 Å². The number of nitrogens with zero attached hydrogens (tertiary/aromatic N) is 2. The highest BCUT2D eigenvalue weighted by molar-refractivity contribution is 5.95. The van der Waals surface area contributed by atoms with E-state index in [1.165, 1.54) is 12.1 Å². The van der Waals surface area contributed by atoms with Crippen molar-refractivity contribution in [1.29, 1.82) is 0 Å². The third kappa shape index (κ3) is 3.91. The molecule has 1 rings (SSSR count). The lowest BCUT2D eigenvalue weighted by Crippen LogP contribution is -2.36. The van der Waals surface area contributed by atoms with Gasteiger partial charge in [0.25, 0.3) is 0 Å². The third-order valence-corrected chi connectivity index (χ3v) is 3.40. The topological polar surface area (TPSA) is 92.9 Å². The lowest BCUT2D eigenvalue weighted by Gasteiger charge is -2.30. The summed E-state index contributed by atoms with van der Waals surface area (Å²) < 4.78 is 5.04. The minimum Gasteiger partial charge on any atom is -0.477 e. The first-order chi connectivity index (χ1) is 9.93. The van der Waals surface area contributed by atoms with Gasteiger partial charge in [0.15, 0.2) is 0 Å². The number of carboxylic acid groups (broad SMARTS) is 1. The van der Waals surface area contributed by atoms with Crippen molar-refractivity contribution < 1.29 is 19.6 Å². The van der Waals surface area contributed by atoms with Gasteiger partial charge in [-0.1, -0.05) is 13.0 Å². The molecule has 0 aromatic heterocycles. The molecule has 0 saturated heterocycles. The first kappa shape index (κ1) is 16.9. The van der Waals surface area contributed by atoms with Gasteiger partial charge in [0.05, 0.1) is 11.5 Å². The molecule has 0 aliphatic rings. The second-order valence-electron chi connectivity index (χ2n) is 4.68. The molecule has 0 radical (unpaired) electrons. The maximum Gasteiger partial charge on any atom is 0.342 e. The van der Waals surface area contributed by atoms with Crippen LogP contribution in [0.15, 0.2) is 18.2 Å². The van der Waals surface area contributed by atoms with Crippen LogP contribution in [0.2, 0.25) is 0 Å². The molecule has 0 fully saturated rings. The Morgan fingerprint density at radius 3 is 2.67 bits per heavy atom. The molecule has 0 spiro atoms. The van der Waals surface area contributed by atoms with E-state index in [4.69, 9.17) is 9.84 Å². The van der Waals surface area contributed by atoms with Gasteiger partial charge in [0, 0.05) is 19.7 Å². The van der Waals surface area contributed by atoms with E-state index in [1.807, 2.05) is 18.7 Å². The Kier molecular flexibility index (Phi) is 6.10. The van der Waals surface area contributed by atoms with Gasteiger partial charge in [0.2, 0.25) is 0 Å². The number of para-hydroxylation sites is 1. The van der Waals surface area contributed by atoms with E-state index >= 15 is 0 Å². The zero-order chi connectivity index (χ0) is 16.0. The van der Waals surface area contributed by atoms with Gasteiger partial charge in [-0.15, -0.1) is 0 Å². The van der Waals surface area contributed by atoms with E-state index in [-0.39, 0.29) is 17.3 Å². The van der Waals surface area contributed by atoms with Gasteiger partial charge in [-0.3, -0.25) is 10.1 Å². The normalized spacial score (nSPS) is 12.0. The lowest BCUT2D eigenvalue weighted by atomic mass is 10.1. The van der Waals surface area contributed by atoms with E-state index in [0.717, 1.165) is 6.42 Å². The Morgan fingerprint density at radius 2 is 2.19 bits per heavy atom. The van der Waals surface area contributed by atoms with Crippen molar-refractivity contribution in [3.63, 3.8) is 0 Å². The summed E-state index contributed by atoms with van der Waals surface area (Å²) in [6, 6.07) is 4.37. The standard InChI is InChI=1S/C14H20N2O5/c1-4-10(2)15(8-9-21-3)12-7-5-6-11(14(17)18)13(12)16(19)20/h5-7,10H,4,8-9H2,1-3H3,(H,17,18). The van der Waals surface area contributed by atoms with Gasteiger partial charge in [0.1, 0.15) is 11.3 Å². The Morgan fingerprint density at radius 1 is 1.52 bits per heavy atom. The third-order valence-electron chi connectivity index (χ3n) is 3.40. The fourth-order valence-corrected chi connectivity index (χ4v) is 2.12. The molecule has 7 heteroatoms. The molecule has 116 valence electrons. The van der Waals surface area contributed by atoms with E-state index in [2.05, 4.69) is 0 Å². The van der Waals surface area contributed by atoms with Gasteiger partial charge >= 0.3 is 11.7 Å². The molecule has 1 aromatic carbocycles. The molecule has 0 aliphatic carbocycles. The number of rotatable bonds is 8. The molecule has 0 saturated carbocycles. The number of carboxylic acids is 1. The highest BCUT2D eigenvalue weighted by Crippen LogP contribution is 2.33. The van der Waals surface area contributed by atoms with E-state index < -0.39 is 10.9 Å². The van der Waals surface area contributed by atoms with Crippen molar-refractivity contribution >= 4 is 17.3 Å². The SMILES string of the molecule is CCC(C)N(CCOC)c1cccc(C(=O)O)c1[N+](=O)[O-]. The molecule has 0 amide bonds. The number of aromatic carboxylic acids is 1. The summed E-state index contributed by atoms with van der Waals surface area (Å²) in [5.74, 6) is -1.31.